The van der Waals surface area contributed by atoms with E-state index >= 15 is 0 Å². The van der Waals surface area contributed by atoms with Crippen molar-refractivity contribution < 1.29 is 9.18 Å². The highest BCUT2D eigenvalue weighted by molar-refractivity contribution is 7.98. The molecule has 0 spiro atoms. The zero-order valence-electron chi connectivity index (χ0n) is 15.0. The number of halogens is 1. The summed E-state index contributed by atoms with van der Waals surface area (Å²) in [5.41, 5.74) is 1.73. The number of amides is 1. The van der Waals surface area contributed by atoms with Gasteiger partial charge in [-0.05, 0) is 55.3 Å². The number of hydrogen-bond acceptors (Lipinski definition) is 6. The Hall–Kier alpha value is -2.29. The Morgan fingerprint density at radius 1 is 1.11 bits per heavy atom. The number of anilines is 1. The van der Waals surface area contributed by atoms with Crippen molar-refractivity contribution in [1.82, 2.24) is 15.1 Å². The van der Waals surface area contributed by atoms with E-state index in [1.807, 2.05) is 7.05 Å². The second-order valence-electron chi connectivity index (χ2n) is 5.98. The largest absolute Gasteiger partial charge is 0.320 e. The van der Waals surface area contributed by atoms with Crippen LogP contribution < -0.4 is 5.32 Å². The summed E-state index contributed by atoms with van der Waals surface area (Å²) in [7, 11) is 2.00. The highest BCUT2D eigenvalue weighted by atomic mass is 32.2. The van der Waals surface area contributed by atoms with Crippen LogP contribution in [-0.4, -0.2) is 34.3 Å². The fourth-order valence-corrected chi connectivity index (χ4v) is 3.68. The first-order chi connectivity index (χ1) is 13.0. The minimum Gasteiger partial charge on any atom is -0.320 e. The van der Waals surface area contributed by atoms with Crippen molar-refractivity contribution in [3.63, 3.8) is 0 Å². The number of rotatable bonds is 7. The molecule has 1 heterocycles. The molecular weight excluding hydrogens is 383 g/mol. The molecule has 0 aliphatic rings. The summed E-state index contributed by atoms with van der Waals surface area (Å²) in [6.07, 6.45) is 2.06. The number of nitrogens with zero attached hydrogens (tertiary/aromatic N) is 3. The van der Waals surface area contributed by atoms with Crippen LogP contribution in [0.2, 0.25) is 0 Å². The zero-order valence-corrected chi connectivity index (χ0v) is 16.6. The first-order valence-corrected chi connectivity index (χ1v) is 10.3. The molecule has 5 nitrogen and oxygen atoms in total. The predicted octanol–water partition coefficient (Wildman–Crippen LogP) is 4.28. The van der Waals surface area contributed by atoms with Crippen molar-refractivity contribution in [3.8, 4) is 0 Å². The zero-order chi connectivity index (χ0) is 19.2. The third kappa shape index (κ3) is 5.59. The second-order valence-corrected chi connectivity index (χ2v) is 7.92. The number of carbonyl (C=O) groups is 1. The van der Waals surface area contributed by atoms with Crippen LogP contribution in [0, 0.1) is 5.82 Å². The smallest absolute Gasteiger partial charge is 0.286 e. The number of hydrogen-bond donors (Lipinski definition) is 1. The van der Waals surface area contributed by atoms with Gasteiger partial charge in [0.1, 0.15) is 10.8 Å². The molecule has 3 rings (SSSR count). The van der Waals surface area contributed by atoms with Crippen LogP contribution in [0.3, 0.4) is 0 Å². The molecule has 0 aliphatic carbocycles. The number of nitrogens with one attached hydrogen (secondary N) is 1. The molecule has 0 aliphatic heterocycles. The van der Waals surface area contributed by atoms with Crippen LogP contribution in [0.15, 0.2) is 53.4 Å². The SMILES string of the molecule is CSc1ccc(CN(C)Cc2nnc(C(=O)Nc3ccc(F)cc3)s2)cc1. The average Bonchev–Trinajstić information content (AvgIpc) is 3.12. The predicted molar refractivity (Wildman–Crippen MR) is 108 cm³/mol. The van der Waals surface area contributed by atoms with E-state index in [0.29, 0.717) is 12.2 Å². The third-order valence-corrected chi connectivity index (χ3v) is 5.43. The molecule has 0 radical (unpaired) electrons. The van der Waals surface area contributed by atoms with E-state index in [-0.39, 0.29) is 16.7 Å². The Morgan fingerprint density at radius 3 is 2.48 bits per heavy atom. The normalized spacial score (nSPS) is 11.0. The molecule has 0 fully saturated rings. The number of aromatic nitrogens is 2. The third-order valence-electron chi connectivity index (χ3n) is 3.78. The summed E-state index contributed by atoms with van der Waals surface area (Å²) in [6.45, 7) is 1.39. The van der Waals surface area contributed by atoms with E-state index in [4.69, 9.17) is 0 Å². The fourth-order valence-electron chi connectivity index (χ4n) is 2.46. The fraction of sp³-hybridized carbons (Fsp3) is 0.211. The molecule has 140 valence electrons. The van der Waals surface area contributed by atoms with Gasteiger partial charge in [-0.3, -0.25) is 9.69 Å². The van der Waals surface area contributed by atoms with Gasteiger partial charge in [-0.25, -0.2) is 4.39 Å². The van der Waals surface area contributed by atoms with Crippen LogP contribution in [-0.2, 0) is 13.1 Å². The molecule has 8 heteroatoms. The van der Waals surface area contributed by atoms with Crippen LogP contribution in [0.4, 0.5) is 10.1 Å². The maximum absolute atomic E-state index is 12.9. The van der Waals surface area contributed by atoms with Crippen LogP contribution in [0.25, 0.3) is 0 Å². The summed E-state index contributed by atoms with van der Waals surface area (Å²) in [5.74, 6) is -0.696. The summed E-state index contributed by atoms with van der Waals surface area (Å²) in [4.78, 5) is 15.6. The monoisotopic (exact) mass is 402 g/mol. The number of benzene rings is 2. The highest BCUT2D eigenvalue weighted by Crippen LogP contribution is 2.18. The van der Waals surface area contributed by atoms with Crippen molar-refractivity contribution in [1.29, 1.82) is 0 Å². The molecule has 1 N–H and O–H groups in total. The highest BCUT2D eigenvalue weighted by Gasteiger charge is 2.14. The molecule has 1 aromatic heterocycles. The topological polar surface area (TPSA) is 58.1 Å². The second kappa shape index (κ2) is 9.07. The molecule has 27 heavy (non-hydrogen) atoms. The quantitative estimate of drug-likeness (QED) is 0.598. The lowest BCUT2D eigenvalue weighted by molar-refractivity contribution is 0.102. The van der Waals surface area contributed by atoms with Gasteiger partial charge >= 0.3 is 0 Å². The Labute approximate surface area is 165 Å². The van der Waals surface area contributed by atoms with Gasteiger partial charge in [-0.1, -0.05) is 23.5 Å². The molecule has 0 atom stereocenters. The Bertz CT molecular complexity index is 897. The van der Waals surface area contributed by atoms with Crippen molar-refractivity contribution in [2.45, 2.75) is 18.0 Å². The summed E-state index contributed by atoms with van der Waals surface area (Å²) >= 11 is 2.97. The number of thioether (sulfide) groups is 1. The van der Waals surface area contributed by atoms with Gasteiger partial charge in [0, 0.05) is 17.1 Å². The van der Waals surface area contributed by atoms with Crippen molar-refractivity contribution in [2.75, 3.05) is 18.6 Å². The lowest BCUT2D eigenvalue weighted by atomic mass is 10.2. The van der Waals surface area contributed by atoms with E-state index < -0.39 is 0 Å². The first kappa shape index (κ1) is 19.5. The van der Waals surface area contributed by atoms with Gasteiger partial charge in [0.2, 0.25) is 5.01 Å². The van der Waals surface area contributed by atoms with E-state index in [2.05, 4.69) is 50.9 Å². The Balaban J connectivity index is 1.56. The van der Waals surface area contributed by atoms with Crippen molar-refractivity contribution >= 4 is 34.7 Å². The van der Waals surface area contributed by atoms with Gasteiger partial charge in [-0.15, -0.1) is 22.0 Å². The molecule has 0 bridgehead atoms. The molecule has 2 aromatic carbocycles. The average molecular weight is 403 g/mol. The first-order valence-electron chi connectivity index (χ1n) is 8.24. The van der Waals surface area contributed by atoms with Gasteiger partial charge in [0.25, 0.3) is 5.91 Å². The standard InChI is InChI=1S/C19H19FN4OS2/c1-24(11-13-3-9-16(26-2)10-4-13)12-17-22-23-19(27-17)18(25)21-15-7-5-14(20)6-8-15/h3-10H,11-12H2,1-2H3,(H,21,25). The minimum absolute atomic E-state index is 0.284. The number of carbonyl (C=O) groups excluding carboxylic acids is 1. The summed E-state index contributed by atoms with van der Waals surface area (Å²) in [6, 6.07) is 14.0. The minimum atomic E-state index is -0.350. The molecular formula is C19H19FN4OS2. The lowest BCUT2D eigenvalue weighted by Crippen LogP contribution is -2.17. The van der Waals surface area contributed by atoms with Crippen LogP contribution in [0.5, 0.6) is 0 Å². The van der Waals surface area contributed by atoms with Crippen molar-refractivity contribution in [2.24, 2.45) is 0 Å². The molecule has 0 saturated carbocycles. The van der Waals surface area contributed by atoms with E-state index in [1.54, 1.807) is 11.8 Å². The van der Waals surface area contributed by atoms with E-state index in [0.717, 1.165) is 11.6 Å². The van der Waals surface area contributed by atoms with Crippen LogP contribution in [0.1, 0.15) is 20.4 Å². The van der Waals surface area contributed by atoms with Crippen LogP contribution >= 0.6 is 23.1 Å². The van der Waals surface area contributed by atoms with Gasteiger partial charge < -0.3 is 5.32 Å². The Morgan fingerprint density at radius 2 is 1.81 bits per heavy atom. The van der Waals surface area contributed by atoms with Crippen molar-refractivity contribution in [3.05, 3.63) is 69.9 Å². The van der Waals surface area contributed by atoms with E-state index in [1.165, 1.54) is 46.1 Å². The lowest BCUT2D eigenvalue weighted by Gasteiger charge is -2.14. The summed E-state index contributed by atoms with van der Waals surface area (Å²) in [5, 5.41) is 11.8. The maximum Gasteiger partial charge on any atom is 0.286 e. The summed E-state index contributed by atoms with van der Waals surface area (Å²) < 4.78 is 12.9. The van der Waals surface area contributed by atoms with Gasteiger partial charge in [0.15, 0.2) is 0 Å². The maximum atomic E-state index is 12.9. The Kier molecular flexibility index (Phi) is 6.54. The molecule has 0 unspecified atom stereocenters. The van der Waals surface area contributed by atoms with E-state index in [9.17, 15) is 9.18 Å². The molecule has 1 amide bonds. The molecule has 3 aromatic rings. The van der Waals surface area contributed by atoms with Gasteiger partial charge in [0.05, 0.1) is 6.54 Å². The molecule has 0 saturated heterocycles. The van der Waals surface area contributed by atoms with Gasteiger partial charge in [-0.2, -0.15) is 0 Å².